The van der Waals surface area contributed by atoms with E-state index in [-0.39, 0.29) is 11.1 Å². The fourth-order valence-corrected chi connectivity index (χ4v) is 2.77. The number of hydrogen-bond donors (Lipinski definition) is 4. The van der Waals surface area contributed by atoms with Gasteiger partial charge in [-0.05, 0) is 61.4 Å². The Balaban J connectivity index is 1.72. The summed E-state index contributed by atoms with van der Waals surface area (Å²) >= 11 is 0. The van der Waals surface area contributed by atoms with Crippen molar-refractivity contribution in [3.8, 4) is 11.5 Å². The first kappa shape index (κ1) is 27.2. The minimum atomic E-state index is -1.16. The molecule has 0 unspecified atom stereocenters. The Bertz CT molecular complexity index is 976. The maximum atomic E-state index is 12.2. The van der Waals surface area contributed by atoms with Crippen molar-refractivity contribution in [2.45, 2.75) is 46.0 Å². The summed E-state index contributed by atoms with van der Waals surface area (Å²) in [6, 6.07) is 12.7. The number of amides is 4. The lowest BCUT2D eigenvalue weighted by Gasteiger charge is -2.10. The van der Waals surface area contributed by atoms with E-state index in [2.05, 4.69) is 24.7 Å². The summed E-state index contributed by atoms with van der Waals surface area (Å²) in [5.74, 6) is -2.29. The molecule has 0 aliphatic carbocycles. The van der Waals surface area contributed by atoms with Gasteiger partial charge in [0, 0.05) is 11.1 Å². The average Bonchev–Trinajstić information content (AvgIpc) is 2.88. The SMILES string of the molecule is CCCCCOc1ccc(C(=O)NNC(=O)C(=O)NNC(=O)c2ccc(OCCCC)cc2)cc1. The number of carbonyl (C=O) groups excluding carboxylic acids is 4. The lowest BCUT2D eigenvalue weighted by atomic mass is 10.2. The van der Waals surface area contributed by atoms with Crippen LogP contribution in [0, 0.1) is 0 Å². The topological polar surface area (TPSA) is 135 Å². The van der Waals surface area contributed by atoms with Crippen LogP contribution in [-0.4, -0.2) is 36.8 Å². The van der Waals surface area contributed by atoms with Crippen LogP contribution in [0.2, 0.25) is 0 Å². The Morgan fingerprint density at radius 2 is 0.971 bits per heavy atom. The van der Waals surface area contributed by atoms with Crippen LogP contribution in [0.1, 0.15) is 66.7 Å². The maximum Gasteiger partial charge on any atom is 0.329 e. The third kappa shape index (κ3) is 9.75. The number of rotatable bonds is 11. The average molecular weight is 485 g/mol. The Morgan fingerprint density at radius 3 is 1.37 bits per heavy atom. The number of ether oxygens (including phenoxy) is 2. The summed E-state index contributed by atoms with van der Waals surface area (Å²) in [6.45, 7) is 5.35. The molecule has 0 aliphatic rings. The van der Waals surface area contributed by atoms with Crippen molar-refractivity contribution in [1.82, 2.24) is 21.7 Å². The molecule has 4 N–H and O–H groups in total. The minimum absolute atomic E-state index is 0.264. The highest BCUT2D eigenvalue weighted by molar-refractivity contribution is 6.35. The van der Waals surface area contributed by atoms with E-state index < -0.39 is 23.6 Å². The number of carbonyl (C=O) groups is 4. The van der Waals surface area contributed by atoms with Crippen LogP contribution in [0.4, 0.5) is 0 Å². The van der Waals surface area contributed by atoms with E-state index >= 15 is 0 Å². The number of benzene rings is 2. The number of hydrazine groups is 2. The quantitative estimate of drug-likeness (QED) is 0.220. The molecular weight excluding hydrogens is 452 g/mol. The molecule has 0 aliphatic heterocycles. The van der Waals surface area contributed by atoms with E-state index in [0.29, 0.717) is 24.7 Å². The second-order valence-corrected chi connectivity index (χ2v) is 7.62. The van der Waals surface area contributed by atoms with Gasteiger partial charge in [-0.25, -0.2) is 0 Å². The smallest absolute Gasteiger partial charge is 0.329 e. The van der Waals surface area contributed by atoms with Gasteiger partial charge in [0.25, 0.3) is 11.8 Å². The molecule has 0 heterocycles. The van der Waals surface area contributed by atoms with E-state index in [9.17, 15) is 19.2 Å². The maximum absolute atomic E-state index is 12.2. The summed E-state index contributed by atoms with van der Waals surface area (Å²) in [5.41, 5.74) is 8.78. The Kier molecular flexibility index (Phi) is 11.6. The monoisotopic (exact) mass is 484 g/mol. The second kappa shape index (κ2) is 14.9. The van der Waals surface area contributed by atoms with Gasteiger partial charge >= 0.3 is 11.8 Å². The zero-order valence-electron chi connectivity index (χ0n) is 20.0. The Morgan fingerprint density at radius 1 is 0.571 bits per heavy atom. The molecule has 0 spiro atoms. The van der Waals surface area contributed by atoms with Crippen molar-refractivity contribution >= 4 is 23.6 Å². The molecule has 188 valence electrons. The van der Waals surface area contributed by atoms with Crippen molar-refractivity contribution in [3.05, 3.63) is 59.7 Å². The van der Waals surface area contributed by atoms with Gasteiger partial charge in [0.2, 0.25) is 0 Å². The molecule has 0 saturated carbocycles. The van der Waals surface area contributed by atoms with Crippen LogP contribution in [0.3, 0.4) is 0 Å². The zero-order valence-corrected chi connectivity index (χ0v) is 20.0. The molecule has 10 nitrogen and oxygen atoms in total. The molecule has 0 aromatic heterocycles. The highest BCUT2D eigenvalue weighted by Crippen LogP contribution is 2.13. The van der Waals surface area contributed by atoms with Crippen molar-refractivity contribution in [1.29, 1.82) is 0 Å². The predicted molar refractivity (Wildman–Crippen MR) is 130 cm³/mol. The van der Waals surface area contributed by atoms with Crippen LogP contribution in [0.5, 0.6) is 11.5 Å². The van der Waals surface area contributed by atoms with Crippen molar-refractivity contribution in [3.63, 3.8) is 0 Å². The Labute approximate surface area is 204 Å². The summed E-state index contributed by atoms with van der Waals surface area (Å²) < 4.78 is 11.1. The molecule has 0 saturated heterocycles. The predicted octanol–water partition coefficient (Wildman–Crippen LogP) is 2.66. The largest absolute Gasteiger partial charge is 0.494 e. The van der Waals surface area contributed by atoms with E-state index in [1.54, 1.807) is 24.3 Å². The van der Waals surface area contributed by atoms with Crippen molar-refractivity contribution in [2.75, 3.05) is 13.2 Å². The van der Waals surface area contributed by atoms with E-state index in [1.807, 2.05) is 10.9 Å². The molecule has 0 atom stereocenters. The standard InChI is InChI=1S/C25H32N4O6/c1-3-5-7-17-35-21-14-10-19(11-15-21)23(31)27-29-25(33)24(32)28-26-22(30)18-8-12-20(13-9-18)34-16-6-4-2/h8-15H,3-7,16-17H2,1-2H3,(H,26,30)(H,27,31)(H,28,32)(H,29,33). The van der Waals surface area contributed by atoms with Crippen molar-refractivity contribution < 1.29 is 28.7 Å². The molecule has 0 radical (unpaired) electrons. The fraction of sp³-hybridized carbons (Fsp3) is 0.360. The first-order valence-electron chi connectivity index (χ1n) is 11.6. The third-order valence-electron chi connectivity index (χ3n) is 4.80. The summed E-state index contributed by atoms with van der Waals surface area (Å²) in [4.78, 5) is 48.1. The minimum Gasteiger partial charge on any atom is -0.494 e. The highest BCUT2D eigenvalue weighted by Gasteiger charge is 2.16. The highest BCUT2D eigenvalue weighted by atomic mass is 16.5. The van der Waals surface area contributed by atoms with Crippen LogP contribution in [0.25, 0.3) is 0 Å². The zero-order chi connectivity index (χ0) is 25.5. The number of hydrogen-bond acceptors (Lipinski definition) is 6. The summed E-state index contributed by atoms with van der Waals surface area (Å²) in [6.07, 6.45) is 5.07. The molecule has 0 fully saturated rings. The first-order valence-corrected chi connectivity index (χ1v) is 11.6. The van der Waals surface area contributed by atoms with Gasteiger partial charge in [0.1, 0.15) is 11.5 Å². The third-order valence-corrected chi connectivity index (χ3v) is 4.80. The lowest BCUT2D eigenvalue weighted by Crippen LogP contribution is -2.52. The van der Waals surface area contributed by atoms with Gasteiger partial charge in [0.05, 0.1) is 13.2 Å². The van der Waals surface area contributed by atoms with Crippen LogP contribution < -0.4 is 31.2 Å². The number of nitrogens with one attached hydrogen (secondary N) is 4. The van der Waals surface area contributed by atoms with Crippen LogP contribution in [-0.2, 0) is 9.59 Å². The van der Waals surface area contributed by atoms with E-state index in [1.165, 1.54) is 24.3 Å². The lowest BCUT2D eigenvalue weighted by molar-refractivity contribution is -0.140. The van der Waals surface area contributed by atoms with Gasteiger partial charge < -0.3 is 9.47 Å². The summed E-state index contributed by atoms with van der Waals surface area (Å²) in [7, 11) is 0. The van der Waals surface area contributed by atoms with E-state index in [4.69, 9.17) is 9.47 Å². The van der Waals surface area contributed by atoms with Crippen molar-refractivity contribution in [2.24, 2.45) is 0 Å². The van der Waals surface area contributed by atoms with Gasteiger partial charge in [-0.15, -0.1) is 0 Å². The molecule has 10 heteroatoms. The Hall–Kier alpha value is -4.08. The number of unbranched alkanes of at least 4 members (excludes halogenated alkanes) is 3. The van der Waals surface area contributed by atoms with Crippen LogP contribution in [0.15, 0.2) is 48.5 Å². The normalized spacial score (nSPS) is 10.1. The van der Waals surface area contributed by atoms with Crippen LogP contribution >= 0.6 is 0 Å². The van der Waals surface area contributed by atoms with Gasteiger partial charge in [-0.3, -0.25) is 40.9 Å². The van der Waals surface area contributed by atoms with Gasteiger partial charge in [-0.2, -0.15) is 0 Å². The molecule has 2 aromatic carbocycles. The molecule has 4 amide bonds. The van der Waals surface area contributed by atoms with Gasteiger partial charge in [-0.1, -0.05) is 33.1 Å². The summed E-state index contributed by atoms with van der Waals surface area (Å²) in [5, 5.41) is 0. The molecule has 35 heavy (non-hydrogen) atoms. The van der Waals surface area contributed by atoms with E-state index in [0.717, 1.165) is 32.1 Å². The molecule has 0 bridgehead atoms. The molecule has 2 aromatic rings. The second-order valence-electron chi connectivity index (χ2n) is 7.62. The molecular formula is C25H32N4O6. The first-order chi connectivity index (χ1) is 16.9. The van der Waals surface area contributed by atoms with Gasteiger partial charge in [0.15, 0.2) is 0 Å². The fourth-order valence-electron chi connectivity index (χ4n) is 2.77. The molecule has 2 rings (SSSR count).